The minimum Gasteiger partial charge on any atom is -0.508 e. The number of aliphatic hydroxyl groups excluding tert-OH is 1. The number of carboxylic acids is 1. The largest absolute Gasteiger partial charge is 0.508 e. The first-order valence-corrected chi connectivity index (χ1v) is 23.5. The Kier molecular flexibility index (Phi) is 14.9. The number of phenols is 1. The zero-order valence-electron chi connectivity index (χ0n) is 38.5. The zero-order chi connectivity index (χ0) is 44.7. The van der Waals surface area contributed by atoms with Crippen LogP contribution in [0.4, 0.5) is 0 Å². The molecular weight excluding hydrogens is 779 g/mol. The molecule has 61 heavy (non-hydrogen) atoms. The first-order valence-electron chi connectivity index (χ1n) is 23.5. The Balaban J connectivity index is 1.24. The van der Waals surface area contributed by atoms with Gasteiger partial charge in [-0.2, -0.15) is 0 Å². The number of hydrogen-bond donors (Lipinski definition) is 5. The molecule has 6 rings (SSSR count). The number of ether oxygens (including phenoxy) is 5. The van der Waals surface area contributed by atoms with E-state index in [2.05, 4.69) is 39.1 Å². The molecule has 4 saturated heterocycles. The molecule has 2 spiro atoms. The number of ketones is 1. The number of hydrogen-bond acceptors (Lipinski definition) is 11. The normalized spacial score (nSPS) is 41.6. The van der Waals surface area contributed by atoms with E-state index in [9.17, 15) is 30.0 Å². The Labute approximate surface area is 364 Å². The fraction of sp³-hybridized carbons (Fsp3) is 0.796. The first kappa shape index (κ1) is 48.0. The van der Waals surface area contributed by atoms with E-state index in [-0.39, 0.29) is 53.6 Å². The summed E-state index contributed by atoms with van der Waals surface area (Å²) in [6.07, 6.45) is 7.43. The minimum absolute atomic E-state index is 0.0169. The van der Waals surface area contributed by atoms with Crippen LogP contribution in [0.25, 0.3) is 0 Å². The summed E-state index contributed by atoms with van der Waals surface area (Å²) in [5, 5.41) is 46.6. The second kappa shape index (κ2) is 19.0. The van der Waals surface area contributed by atoms with Gasteiger partial charge in [0.15, 0.2) is 11.6 Å². The highest BCUT2D eigenvalue weighted by Gasteiger charge is 2.63. The average Bonchev–Trinajstić information content (AvgIpc) is 3.57. The van der Waals surface area contributed by atoms with Gasteiger partial charge in [-0.25, -0.2) is 0 Å². The van der Waals surface area contributed by atoms with Crippen molar-refractivity contribution in [3.63, 3.8) is 0 Å². The summed E-state index contributed by atoms with van der Waals surface area (Å²) in [5.74, 6) is -5.29. The Morgan fingerprint density at radius 1 is 0.885 bits per heavy atom. The Bertz CT molecular complexity index is 1690. The van der Waals surface area contributed by atoms with Crippen LogP contribution in [0.2, 0.25) is 0 Å². The van der Waals surface area contributed by atoms with Crippen molar-refractivity contribution in [2.45, 2.75) is 205 Å². The lowest BCUT2D eigenvalue weighted by atomic mass is 9.72. The van der Waals surface area contributed by atoms with Gasteiger partial charge in [0.1, 0.15) is 11.5 Å². The van der Waals surface area contributed by atoms with E-state index in [4.69, 9.17) is 23.7 Å². The van der Waals surface area contributed by atoms with Gasteiger partial charge in [0, 0.05) is 36.6 Å². The Morgan fingerprint density at radius 3 is 2.20 bits per heavy atom. The molecule has 344 valence electrons. The summed E-state index contributed by atoms with van der Waals surface area (Å²) in [4.78, 5) is 26.7. The van der Waals surface area contributed by atoms with Gasteiger partial charge >= 0.3 is 5.97 Å². The molecule has 4 fully saturated rings. The number of nitrogens with one attached hydrogen (secondary N) is 1. The van der Waals surface area contributed by atoms with Crippen LogP contribution in [0.5, 0.6) is 5.75 Å². The lowest BCUT2D eigenvalue weighted by Gasteiger charge is -2.55. The first-order chi connectivity index (χ1) is 28.8. The molecule has 0 aliphatic carbocycles. The van der Waals surface area contributed by atoms with E-state index in [1.54, 1.807) is 19.1 Å². The van der Waals surface area contributed by atoms with Crippen molar-refractivity contribution in [2.24, 2.45) is 41.4 Å². The molecule has 1 aromatic rings. The van der Waals surface area contributed by atoms with Crippen LogP contribution < -0.4 is 5.32 Å². The summed E-state index contributed by atoms with van der Waals surface area (Å²) < 4.78 is 34.9. The number of aliphatic carboxylic acids is 1. The molecule has 5 N–H and O–H groups in total. The van der Waals surface area contributed by atoms with Crippen molar-refractivity contribution in [1.82, 2.24) is 5.32 Å². The highest BCUT2D eigenvalue weighted by atomic mass is 16.8. The molecule has 0 saturated carbocycles. The maximum atomic E-state index is 14.7. The Hall–Kier alpha value is -2.42. The lowest BCUT2D eigenvalue weighted by Crippen LogP contribution is -2.65. The van der Waals surface area contributed by atoms with Crippen LogP contribution >= 0.6 is 0 Å². The molecule has 0 amide bonds. The third-order valence-electron chi connectivity index (χ3n) is 15.9. The molecule has 0 aromatic heterocycles. The predicted octanol–water partition coefficient (Wildman–Crippen LogP) is 7.69. The topological polar surface area (TPSA) is 173 Å². The van der Waals surface area contributed by atoms with Crippen LogP contribution in [-0.4, -0.2) is 97.6 Å². The molecule has 5 aliphatic heterocycles. The maximum Gasteiger partial charge on any atom is 0.309 e. The molecule has 5 heterocycles. The van der Waals surface area contributed by atoms with Crippen molar-refractivity contribution >= 4 is 11.8 Å². The van der Waals surface area contributed by atoms with Gasteiger partial charge < -0.3 is 49.4 Å². The highest BCUT2D eigenvalue weighted by Crippen LogP contribution is 2.54. The number of carboxylic acid groups (broad SMARTS) is 1. The smallest absolute Gasteiger partial charge is 0.309 e. The second-order valence-electron chi connectivity index (χ2n) is 20.0. The number of aromatic hydroxyl groups is 1. The van der Waals surface area contributed by atoms with E-state index in [1.165, 1.54) is 0 Å². The van der Waals surface area contributed by atoms with E-state index < -0.39 is 70.7 Å². The molecule has 0 unspecified atom stereocenters. The van der Waals surface area contributed by atoms with E-state index in [0.29, 0.717) is 57.9 Å². The summed E-state index contributed by atoms with van der Waals surface area (Å²) in [5.41, 5.74) is -0.605. The molecule has 5 aliphatic rings. The third kappa shape index (κ3) is 9.54. The van der Waals surface area contributed by atoms with E-state index in [0.717, 1.165) is 18.4 Å². The zero-order valence-corrected chi connectivity index (χ0v) is 38.5. The van der Waals surface area contributed by atoms with Gasteiger partial charge in [-0.05, 0) is 107 Å². The number of rotatable bonds is 15. The number of carbonyl (C=O) groups is 2. The molecule has 1 aromatic carbocycles. The molecule has 0 radical (unpaired) electrons. The van der Waals surface area contributed by atoms with E-state index >= 15 is 0 Å². The highest BCUT2D eigenvalue weighted by molar-refractivity contribution is 5.84. The van der Waals surface area contributed by atoms with Crippen molar-refractivity contribution in [2.75, 3.05) is 0 Å². The fourth-order valence-corrected chi connectivity index (χ4v) is 11.6. The maximum absolute atomic E-state index is 14.7. The standard InChI is InChI=1S/C49H77NO11/c1-11-36(45(54)55)38-19-14-28(4)43(58-38)32(8)41(52)31(7)42(53)37(12-2)44-29(5)26-30(6)48(59-44)23-20-39(50-27-34-15-17-35(51)18-16-34)49(61-48)25-24-46(10,60-49)40-21-22-47(56,13-3)33(9)57-40/h15-18,20,23,28-33,36-41,43-44,50-52,56H,11-14,19,21-22,24-27H2,1-10H3,(H,54,55)/t28-,29-,30+,31-,32-,33-,36+,37-,38+,39-,40+,41+,43+,44-,46-,47+,48-,49-/m0/s1. The average molecular weight is 856 g/mol. The SMILES string of the molecule is CC[C@@H](C(=O)[C@@H](C)[C@@H](O)[C@H](C)[C@@H]1O[C@@H]([C@@H](CC)C(=O)O)CC[C@@H]1C)[C@H]1O[C@]2(C=C[C@H](NCc3ccc(O)cc3)[C@]3(CC[C@@](C)([C@H]4CC[C@](O)(CC)[C@H](C)O4)O3)O2)[C@H](C)C[C@@H]1C. The number of aliphatic hydroxyl groups is 2. The number of phenolic OH excluding ortho intramolecular Hbond substituents is 1. The minimum atomic E-state index is -1.20. The predicted molar refractivity (Wildman–Crippen MR) is 231 cm³/mol. The van der Waals surface area contributed by atoms with Gasteiger partial charge in [0.25, 0.3) is 0 Å². The molecule has 12 nitrogen and oxygen atoms in total. The van der Waals surface area contributed by atoms with Gasteiger partial charge in [-0.15, -0.1) is 0 Å². The van der Waals surface area contributed by atoms with Crippen molar-refractivity contribution in [3.05, 3.63) is 42.0 Å². The van der Waals surface area contributed by atoms with Crippen molar-refractivity contribution in [3.8, 4) is 5.75 Å². The van der Waals surface area contributed by atoms with Crippen molar-refractivity contribution < 1.29 is 53.7 Å². The van der Waals surface area contributed by atoms with Crippen LogP contribution in [0.1, 0.15) is 139 Å². The summed E-state index contributed by atoms with van der Waals surface area (Å²) >= 11 is 0. The quantitative estimate of drug-likeness (QED) is 0.109. The van der Waals surface area contributed by atoms with Crippen LogP contribution in [-0.2, 0) is 39.8 Å². The van der Waals surface area contributed by atoms with Crippen LogP contribution in [0.3, 0.4) is 0 Å². The van der Waals surface area contributed by atoms with Crippen LogP contribution in [0, 0.1) is 41.4 Å². The number of benzene rings is 1. The molecule has 0 bridgehead atoms. The summed E-state index contributed by atoms with van der Waals surface area (Å²) in [6, 6.07) is 6.74. The number of carbonyl (C=O) groups excluding carboxylic acids is 1. The van der Waals surface area contributed by atoms with Crippen molar-refractivity contribution in [1.29, 1.82) is 0 Å². The molecular formula is C49H77NO11. The van der Waals surface area contributed by atoms with Gasteiger partial charge in [-0.1, -0.05) is 73.6 Å². The lowest BCUT2D eigenvalue weighted by molar-refractivity contribution is -0.398. The number of Topliss-reactive ketones (excluding diaryl/α,β-unsaturated/α-hetero) is 1. The van der Waals surface area contributed by atoms with Gasteiger partial charge in [-0.3, -0.25) is 9.59 Å². The second-order valence-corrected chi connectivity index (χ2v) is 20.0. The fourth-order valence-electron chi connectivity index (χ4n) is 11.6. The Morgan fingerprint density at radius 2 is 1.57 bits per heavy atom. The summed E-state index contributed by atoms with van der Waals surface area (Å²) in [6.45, 7) is 20.4. The van der Waals surface area contributed by atoms with Gasteiger partial charge in [0.05, 0.1) is 59.8 Å². The monoisotopic (exact) mass is 856 g/mol. The van der Waals surface area contributed by atoms with Gasteiger partial charge in [0.2, 0.25) is 0 Å². The van der Waals surface area contributed by atoms with E-state index in [1.807, 2.05) is 52.8 Å². The summed E-state index contributed by atoms with van der Waals surface area (Å²) in [7, 11) is 0. The molecule has 18 atom stereocenters. The van der Waals surface area contributed by atoms with Crippen LogP contribution in [0.15, 0.2) is 36.4 Å². The third-order valence-corrected chi connectivity index (χ3v) is 15.9. The molecule has 12 heteroatoms.